The summed E-state index contributed by atoms with van der Waals surface area (Å²) in [6, 6.07) is 1.69. The molecule has 2 rings (SSSR count). The number of amides is 1. The fourth-order valence-corrected chi connectivity index (χ4v) is 3.84. The molecule has 0 bridgehead atoms. The molecule has 2 unspecified atom stereocenters. The number of carbonyl (C=O) groups is 2. The second-order valence-electron chi connectivity index (χ2n) is 5.35. The number of nitrogens with one attached hydrogen (secondary N) is 1. The minimum atomic E-state index is -0.799. The first kappa shape index (κ1) is 15.0. The summed E-state index contributed by atoms with van der Waals surface area (Å²) in [5, 5.41) is 12.2. The third-order valence-electron chi connectivity index (χ3n) is 4.02. The van der Waals surface area contributed by atoms with E-state index in [9.17, 15) is 14.7 Å². The van der Waals surface area contributed by atoms with Crippen LogP contribution in [-0.4, -0.2) is 23.0 Å². The van der Waals surface area contributed by atoms with Gasteiger partial charge in [-0.15, -0.1) is 11.3 Å². The predicted octanol–water partition coefficient (Wildman–Crippen LogP) is 2.99. The molecule has 5 heteroatoms. The molecule has 0 aromatic carbocycles. The van der Waals surface area contributed by atoms with Crippen molar-refractivity contribution in [1.82, 2.24) is 5.32 Å². The van der Waals surface area contributed by atoms with E-state index < -0.39 is 11.9 Å². The Hall–Kier alpha value is -1.36. The molecular weight excluding hydrogens is 274 g/mol. The molecule has 4 nitrogen and oxygen atoms in total. The Morgan fingerprint density at radius 1 is 1.40 bits per heavy atom. The quantitative estimate of drug-likeness (QED) is 0.897. The van der Waals surface area contributed by atoms with Gasteiger partial charge in [-0.05, 0) is 37.8 Å². The van der Waals surface area contributed by atoms with Gasteiger partial charge in [-0.2, -0.15) is 0 Å². The van der Waals surface area contributed by atoms with Gasteiger partial charge in [0.2, 0.25) is 0 Å². The van der Waals surface area contributed by atoms with Gasteiger partial charge in [-0.1, -0.05) is 19.8 Å². The van der Waals surface area contributed by atoms with Crippen molar-refractivity contribution in [1.29, 1.82) is 0 Å². The van der Waals surface area contributed by atoms with E-state index in [2.05, 4.69) is 12.2 Å². The van der Waals surface area contributed by atoms with Gasteiger partial charge in [0.25, 0.3) is 5.91 Å². The fraction of sp³-hybridized carbons (Fsp3) is 0.600. The topological polar surface area (TPSA) is 66.4 Å². The van der Waals surface area contributed by atoms with Crippen LogP contribution < -0.4 is 5.32 Å². The number of aliphatic carboxylic acids is 1. The van der Waals surface area contributed by atoms with Gasteiger partial charge in [0.05, 0.1) is 10.8 Å². The van der Waals surface area contributed by atoms with Crippen LogP contribution in [0.3, 0.4) is 0 Å². The lowest BCUT2D eigenvalue weighted by molar-refractivity contribution is -0.143. The molecule has 1 aromatic rings. The highest BCUT2D eigenvalue weighted by Gasteiger charge is 2.32. The second kappa shape index (κ2) is 6.39. The van der Waals surface area contributed by atoms with Crippen LogP contribution in [0.4, 0.5) is 0 Å². The van der Waals surface area contributed by atoms with E-state index in [1.165, 1.54) is 16.9 Å². The molecule has 0 spiro atoms. The molecule has 1 amide bonds. The zero-order valence-electron chi connectivity index (χ0n) is 11.9. The van der Waals surface area contributed by atoms with Crippen LogP contribution in [0, 0.1) is 12.8 Å². The molecule has 0 saturated heterocycles. The summed E-state index contributed by atoms with van der Waals surface area (Å²) in [5.41, 5.74) is 1.19. The summed E-state index contributed by atoms with van der Waals surface area (Å²) < 4.78 is 0. The molecule has 0 aliphatic heterocycles. The Morgan fingerprint density at radius 3 is 2.70 bits per heavy atom. The van der Waals surface area contributed by atoms with Crippen molar-refractivity contribution in [2.75, 3.05) is 0 Å². The third kappa shape index (κ3) is 3.20. The van der Waals surface area contributed by atoms with Crippen LogP contribution in [0.2, 0.25) is 0 Å². The Balaban J connectivity index is 2.07. The van der Waals surface area contributed by atoms with E-state index in [-0.39, 0.29) is 11.9 Å². The Bertz CT molecular complexity index is 509. The number of thiophene rings is 1. The molecule has 1 aromatic heterocycles. The maximum Gasteiger partial charge on any atom is 0.308 e. The van der Waals surface area contributed by atoms with Crippen LogP contribution in [0.25, 0.3) is 0 Å². The molecule has 1 heterocycles. The number of hydrogen-bond acceptors (Lipinski definition) is 3. The smallest absolute Gasteiger partial charge is 0.308 e. The first-order valence-electron chi connectivity index (χ1n) is 7.16. The van der Waals surface area contributed by atoms with Gasteiger partial charge >= 0.3 is 5.97 Å². The SMILES string of the molecule is CCc1cc(C(=O)NC2CCCCC2C(=O)O)sc1C. The maximum absolute atomic E-state index is 12.3. The normalized spacial score (nSPS) is 22.5. The number of hydrogen-bond donors (Lipinski definition) is 2. The van der Waals surface area contributed by atoms with Crippen LogP contribution in [-0.2, 0) is 11.2 Å². The van der Waals surface area contributed by atoms with Gasteiger partial charge in [-0.25, -0.2) is 0 Å². The molecule has 1 saturated carbocycles. The molecular formula is C15H21NO3S. The van der Waals surface area contributed by atoms with Crippen LogP contribution in [0.15, 0.2) is 6.07 Å². The molecule has 2 atom stereocenters. The van der Waals surface area contributed by atoms with Gasteiger partial charge in [0.1, 0.15) is 0 Å². The van der Waals surface area contributed by atoms with Crippen molar-refractivity contribution in [3.63, 3.8) is 0 Å². The van der Waals surface area contributed by atoms with E-state index in [4.69, 9.17) is 0 Å². The van der Waals surface area contributed by atoms with E-state index in [0.717, 1.165) is 30.6 Å². The number of carbonyl (C=O) groups excluding carboxylic acids is 1. The molecule has 0 radical (unpaired) electrons. The largest absolute Gasteiger partial charge is 0.481 e. The number of carboxylic acids is 1. The Labute approximate surface area is 123 Å². The van der Waals surface area contributed by atoms with Crippen molar-refractivity contribution in [2.45, 2.75) is 52.0 Å². The highest BCUT2D eigenvalue weighted by molar-refractivity contribution is 7.14. The minimum absolute atomic E-state index is 0.129. The van der Waals surface area contributed by atoms with Crippen molar-refractivity contribution in [3.05, 3.63) is 21.4 Å². The van der Waals surface area contributed by atoms with Gasteiger partial charge in [0.15, 0.2) is 0 Å². The van der Waals surface area contributed by atoms with E-state index in [1.54, 1.807) is 0 Å². The predicted molar refractivity (Wildman–Crippen MR) is 79.3 cm³/mol. The molecule has 2 N–H and O–H groups in total. The van der Waals surface area contributed by atoms with Gasteiger partial charge < -0.3 is 10.4 Å². The summed E-state index contributed by atoms with van der Waals surface area (Å²) in [7, 11) is 0. The van der Waals surface area contributed by atoms with Gasteiger partial charge in [-0.3, -0.25) is 9.59 Å². The van der Waals surface area contributed by atoms with Crippen LogP contribution in [0.5, 0.6) is 0 Å². The third-order valence-corrected chi connectivity index (χ3v) is 5.12. The zero-order valence-corrected chi connectivity index (χ0v) is 12.8. The minimum Gasteiger partial charge on any atom is -0.481 e. The lowest BCUT2D eigenvalue weighted by Gasteiger charge is -2.29. The van der Waals surface area contributed by atoms with Crippen molar-refractivity contribution in [2.24, 2.45) is 5.92 Å². The number of rotatable bonds is 4. The summed E-state index contributed by atoms with van der Waals surface area (Å²) >= 11 is 1.49. The number of carboxylic acid groups (broad SMARTS) is 1. The maximum atomic E-state index is 12.3. The summed E-state index contributed by atoms with van der Waals surface area (Å²) in [6.45, 7) is 4.08. The van der Waals surface area contributed by atoms with Crippen molar-refractivity contribution < 1.29 is 14.7 Å². The van der Waals surface area contributed by atoms with Crippen molar-refractivity contribution >= 4 is 23.2 Å². The Morgan fingerprint density at radius 2 is 2.10 bits per heavy atom. The average Bonchev–Trinajstić information content (AvgIpc) is 2.80. The summed E-state index contributed by atoms with van der Waals surface area (Å²) in [4.78, 5) is 25.4. The zero-order chi connectivity index (χ0) is 14.7. The van der Waals surface area contributed by atoms with Crippen LogP contribution in [0.1, 0.15) is 52.7 Å². The van der Waals surface area contributed by atoms with Gasteiger partial charge in [0, 0.05) is 10.9 Å². The molecule has 110 valence electrons. The van der Waals surface area contributed by atoms with E-state index in [1.807, 2.05) is 13.0 Å². The molecule has 20 heavy (non-hydrogen) atoms. The first-order chi connectivity index (χ1) is 9.52. The average molecular weight is 295 g/mol. The van der Waals surface area contributed by atoms with Crippen molar-refractivity contribution in [3.8, 4) is 0 Å². The monoisotopic (exact) mass is 295 g/mol. The summed E-state index contributed by atoms with van der Waals surface area (Å²) in [6.07, 6.45) is 4.24. The second-order valence-corrected chi connectivity index (χ2v) is 6.61. The molecule has 1 aliphatic rings. The van der Waals surface area contributed by atoms with E-state index >= 15 is 0 Å². The molecule has 1 aliphatic carbocycles. The van der Waals surface area contributed by atoms with Crippen LogP contribution >= 0.6 is 11.3 Å². The first-order valence-corrected chi connectivity index (χ1v) is 7.97. The molecule has 1 fully saturated rings. The standard InChI is InChI=1S/C15H21NO3S/c1-3-10-8-13(20-9(10)2)14(17)16-12-7-5-4-6-11(12)15(18)19/h8,11-12H,3-7H2,1-2H3,(H,16,17)(H,18,19). The highest BCUT2D eigenvalue weighted by Crippen LogP contribution is 2.26. The lowest BCUT2D eigenvalue weighted by atomic mass is 9.84. The van der Waals surface area contributed by atoms with E-state index in [0.29, 0.717) is 11.3 Å². The fourth-order valence-electron chi connectivity index (χ4n) is 2.82. The highest BCUT2D eigenvalue weighted by atomic mass is 32.1. The summed E-state index contributed by atoms with van der Waals surface area (Å²) in [5.74, 6) is -1.37. The number of aryl methyl sites for hydroxylation is 2. The lowest BCUT2D eigenvalue weighted by Crippen LogP contribution is -2.44. The Kier molecular flexibility index (Phi) is 4.81.